The quantitative estimate of drug-likeness (QED) is 0.667. The van der Waals surface area contributed by atoms with Crippen LogP contribution in [-0.4, -0.2) is 9.38 Å². The van der Waals surface area contributed by atoms with Crippen molar-refractivity contribution in [2.45, 2.75) is 0 Å². The van der Waals surface area contributed by atoms with Crippen LogP contribution in [-0.2, 0) is 0 Å². The third-order valence-corrected chi connectivity index (χ3v) is 3.53. The molecule has 3 nitrogen and oxygen atoms in total. The fourth-order valence-corrected chi connectivity index (χ4v) is 2.40. The minimum Gasteiger partial charge on any atom is -0.290 e. The Morgan fingerprint density at radius 3 is 2.58 bits per heavy atom. The maximum Gasteiger partial charge on any atom is 0.152 e. The van der Waals surface area contributed by atoms with Crippen LogP contribution in [0.1, 0.15) is 5.69 Å². The molecule has 2 heterocycles. The highest BCUT2D eigenvalue weighted by Gasteiger charge is 2.13. The summed E-state index contributed by atoms with van der Waals surface area (Å²) < 4.78 is 2.67. The Bertz CT molecular complexity index is 800. The van der Waals surface area contributed by atoms with Gasteiger partial charge in [-0.05, 0) is 40.2 Å². The van der Waals surface area contributed by atoms with E-state index in [9.17, 15) is 5.26 Å². The molecule has 1 aromatic carbocycles. The van der Waals surface area contributed by atoms with Gasteiger partial charge in [-0.2, -0.15) is 5.26 Å². The lowest BCUT2D eigenvalue weighted by Crippen LogP contribution is -1.88. The second-order valence-electron chi connectivity index (χ2n) is 4.00. The van der Waals surface area contributed by atoms with Crippen LogP contribution in [0.5, 0.6) is 0 Å². The van der Waals surface area contributed by atoms with Crippen molar-refractivity contribution in [2.24, 2.45) is 0 Å². The van der Waals surface area contributed by atoms with Gasteiger partial charge < -0.3 is 0 Å². The van der Waals surface area contributed by atoms with Crippen molar-refractivity contribution < 1.29 is 0 Å². The van der Waals surface area contributed by atoms with Crippen LogP contribution in [0.4, 0.5) is 0 Å². The van der Waals surface area contributed by atoms with E-state index in [0.717, 1.165) is 15.7 Å². The lowest BCUT2D eigenvalue weighted by Gasteiger charge is -1.98. The Morgan fingerprint density at radius 1 is 1.16 bits per heavy atom. The molecule has 0 spiro atoms. The van der Waals surface area contributed by atoms with Gasteiger partial charge in [-0.3, -0.25) is 4.40 Å². The number of aromatic nitrogens is 2. The molecule has 92 valence electrons. The molecule has 0 bridgehead atoms. The minimum atomic E-state index is 0.513. The molecule has 0 aliphatic heterocycles. The first kappa shape index (κ1) is 12.2. The number of hydrogen-bond donors (Lipinski definition) is 0. The number of nitrogens with zero attached hydrogens (tertiary/aromatic N) is 3. The highest BCUT2D eigenvalue weighted by atomic mass is 79.9. The number of nitriles is 1. The van der Waals surface area contributed by atoms with E-state index in [2.05, 4.69) is 27.0 Å². The lowest BCUT2D eigenvalue weighted by molar-refractivity contribution is 1.14. The van der Waals surface area contributed by atoms with Gasteiger partial charge in [-0.25, -0.2) is 4.98 Å². The first-order chi connectivity index (χ1) is 9.19. The Balaban J connectivity index is 2.29. The molecule has 19 heavy (non-hydrogen) atoms. The number of hydrogen-bond acceptors (Lipinski definition) is 2. The summed E-state index contributed by atoms with van der Waals surface area (Å²) in [5.74, 6) is 0. The van der Waals surface area contributed by atoms with E-state index in [1.54, 1.807) is 16.5 Å². The summed E-state index contributed by atoms with van der Waals surface area (Å²) in [6.07, 6.45) is 1.83. The average molecular weight is 333 g/mol. The van der Waals surface area contributed by atoms with Crippen molar-refractivity contribution in [3.05, 3.63) is 57.8 Å². The van der Waals surface area contributed by atoms with Crippen molar-refractivity contribution in [1.29, 1.82) is 5.26 Å². The summed E-state index contributed by atoms with van der Waals surface area (Å²) in [4.78, 5) is 4.50. The predicted octanol–water partition coefficient (Wildman–Crippen LogP) is 4.29. The van der Waals surface area contributed by atoms with E-state index < -0.39 is 0 Å². The van der Waals surface area contributed by atoms with Gasteiger partial charge >= 0.3 is 0 Å². The van der Waals surface area contributed by atoms with Gasteiger partial charge in [0.1, 0.15) is 17.4 Å². The molecule has 0 amide bonds. The SMILES string of the molecule is N#Cc1c(-c2ccc(Cl)cc2)nc2ccc(Br)cn12. The van der Waals surface area contributed by atoms with Crippen LogP contribution in [0.25, 0.3) is 16.9 Å². The Kier molecular flexibility index (Phi) is 3.02. The summed E-state index contributed by atoms with van der Waals surface area (Å²) in [5.41, 5.74) is 2.79. The van der Waals surface area contributed by atoms with Gasteiger partial charge in [0, 0.05) is 21.3 Å². The van der Waals surface area contributed by atoms with Crippen molar-refractivity contribution in [2.75, 3.05) is 0 Å². The van der Waals surface area contributed by atoms with E-state index in [4.69, 9.17) is 11.6 Å². The zero-order valence-electron chi connectivity index (χ0n) is 9.64. The number of rotatable bonds is 1. The largest absolute Gasteiger partial charge is 0.290 e. The van der Waals surface area contributed by atoms with Crippen molar-refractivity contribution in [3.8, 4) is 17.3 Å². The second-order valence-corrected chi connectivity index (χ2v) is 5.36. The number of halogens is 2. The minimum absolute atomic E-state index is 0.513. The monoisotopic (exact) mass is 331 g/mol. The van der Waals surface area contributed by atoms with Crippen LogP contribution < -0.4 is 0 Å². The molecule has 0 fully saturated rings. The highest BCUT2D eigenvalue weighted by molar-refractivity contribution is 9.10. The number of pyridine rings is 1. The molecule has 0 N–H and O–H groups in total. The molecule has 0 atom stereocenters. The maximum absolute atomic E-state index is 9.36. The highest BCUT2D eigenvalue weighted by Crippen LogP contribution is 2.26. The normalized spacial score (nSPS) is 10.6. The molecule has 0 unspecified atom stereocenters. The van der Waals surface area contributed by atoms with Crippen LogP contribution in [0, 0.1) is 11.3 Å². The van der Waals surface area contributed by atoms with E-state index in [1.165, 1.54) is 0 Å². The van der Waals surface area contributed by atoms with Gasteiger partial charge in [0.05, 0.1) is 0 Å². The Morgan fingerprint density at radius 2 is 1.89 bits per heavy atom. The molecule has 0 radical (unpaired) electrons. The lowest BCUT2D eigenvalue weighted by atomic mass is 10.1. The van der Waals surface area contributed by atoms with Gasteiger partial charge in [0.25, 0.3) is 0 Å². The van der Waals surface area contributed by atoms with E-state index in [1.807, 2.05) is 30.5 Å². The fourth-order valence-electron chi connectivity index (χ4n) is 1.93. The van der Waals surface area contributed by atoms with Gasteiger partial charge in [0.15, 0.2) is 5.69 Å². The van der Waals surface area contributed by atoms with E-state index in [-0.39, 0.29) is 0 Å². The van der Waals surface area contributed by atoms with Crippen molar-refractivity contribution in [1.82, 2.24) is 9.38 Å². The van der Waals surface area contributed by atoms with E-state index >= 15 is 0 Å². The standard InChI is InChI=1S/C14H7BrClN3/c15-10-3-6-13-18-14(12(7-17)19(13)8-10)9-1-4-11(16)5-2-9/h1-6,8H. The number of imidazole rings is 1. The van der Waals surface area contributed by atoms with Crippen molar-refractivity contribution in [3.63, 3.8) is 0 Å². The third-order valence-electron chi connectivity index (χ3n) is 2.81. The fraction of sp³-hybridized carbons (Fsp3) is 0. The number of fused-ring (bicyclic) bond motifs is 1. The molecule has 3 aromatic rings. The first-order valence-electron chi connectivity index (χ1n) is 5.52. The zero-order valence-corrected chi connectivity index (χ0v) is 12.0. The summed E-state index contributed by atoms with van der Waals surface area (Å²) in [6, 6.07) is 13.3. The molecule has 0 aliphatic carbocycles. The van der Waals surface area contributed by atoms with Crippen LogP contribution in [0.15, 0.2) is 47.1 Å². The van der Waals surface area contributed by atoms with Crippen LogP contribution in [0.2, 0.25) is 5.02 Å². The Labute approximate surface area is 123 Å². The molecule has 0 saturated carbocycles. The van der Waals surface area contributed by atoms with Gasteiger partial charge in [-0.1, -0.05) is 23.7 Å². The maximum atomic E-state index is 9.36. The molecular weight excluding hydrogens is 326 g/mol. The third kappa shape index (κ3) is 2.12. The average Bonchev–Trinajstić information content (AvgIpc) is 2.77. The summed E-state index contributed by atoms with van der Waals surface area (Å²) in [5, 5.41) is 10.0. The van der Waals surface area contributed by atoms with E-state index in [0.29, 0.717) is 16.4 Å². The molecular formula is C14H7BrClN3. The zero-order chi connectivity index (χ0) is 13.4. The topological polar surface area (TPSA) is 41.1 Å². The van der Waals surface area contributed by atoms with Gasteiger partial charge in [0.2, 0.25) is 0 Å². The molecule has 0 aliphatic rings. The van der Waals surface area contributed by atoms with Crippen LogP contribution >= 0.6 is 27.5 Å². The second kappa shape index (κ2) is 4.69. The van der Waals surface area contributed by atoms with Crippen molar-refractivity contribution >= 4 is 33.2 Å². The first-order valence-corrected chi connectivity index (χ1v) is 6.70. The molecule has 5 heteroatoms. The predicted molar refractivity (Wildman–Crippen MR) is 78.1 cm³/mol. The molecule has 3 rings (SSSR count). The smallest absolute Gasteiger partial charge is 0.152 e. The number of benzene rings is 1. The molecule has 0 saturated heterocycles. The molecule has 2 aromatic heterocycles. The summed E-state index contributed by atoms with van der Waals surface area (Å²) in [7, 11) is 0. The summed E-state index contributed by atoms with van der Waals surface area (Å²) in [6.45, 7) is 0. The summed E-state index contributed by atoms with van der Waals surface area (Å²) >= 11 is 9.27. The van der Waals surface area contributed by atoms with Crippen LogP contribution in [0.3, 0.4) is 0 Å². The van der Waals surface area contributed by atoms with Gasteiger partial charge in [-0.15, -0.1) is 0 Å². The Hall–Kier alpha value is -1.83.